The van der Waals surface area contributed by atoms with Crippen LogP contribution in [0.5, 0.6) is 0 Å². The molecule has 2 N–H and O–H groups in total. The summed E-state index contributed by atoms with van der Waals surface area (Å²) in [5.74, 6) is -1.23. The second-order valence-corrected chi connectivity index (χ2v) is 7.59. The van der Waals surface area contributed by atoms with Gasteiger partial charge in [0, 0.05) is 13.1 Å². The van der Waals surface area contributed by atoms with E-state index >= 15 is 0 Å². The van der Waals surface area contributed by atoms with Gasteiger partial charge in [-0.15, -0.1) is 0 Å². The molecular weight excluding hydrogens is 356 g/mol. The molecule has 0 spiro atoms. The van der Waals surface area contributed by atoms with Crippen molar-refractivity contribution >= 4 is 17.7 Å². The Morgan fingerprint density at radius 2 is 2.14 bits per heavy atom. The van der Waals surface area contributed by atoms with Crippen LogP contribution in [0.3, 0.4) is 0 Å². The predicted octanol–water partition coefficient (Wildman–Crippen LogP) is 3.71. The minimum Gasteiger partial charge on any atom is -0.481 e. The fourth-order valence-corrected chi connectivity index (χ4v) is 3.83. The average molecular weight is 384 g/mol. The first-order chi connectivity index (χ1) is 13.4. The molecule has 2 unspecified atom stereocenters. The van der Waals surface area contributed by atoms with Gasteiger partial charge >= 0.3 is 12.0 Å². The van der Waals surface area contributed by atoms with Gasteiger partial charge in [0.15, 0.2) is 0 Å². The van der Waals surface area contributed by atoms with Crippen LogP contribution in [0.4, 0.5) is 10.5 Å². The number of nitrogens with zero attached hydrogens (tertiary/aromatic N) is 3. The molecule has 1 aromatic heterocycles. The number of carboxylic acids is 1. The Morgan fingerprint density at radius 3 is 2.79 bits per heavy atom. The third-order valence-electron chi connectivity index (χ3n) is 5.35. The monoisotopic (exact) mass is 384 g/mol. The van der Waals surface area contributed by atoms with Crippen molar-refractivity contribution in [2.24, 2.45) is 11.8 Å². The number of amides is 2. The van der Waals surface area contributed by atoms with E-state index < -0.39 is 5.97 Å². The van der Waals surface area contributed by atoms with Crippen LogP contribution in [0.2, 0.25) is 0 Å². The van der Waals surface area contributed by atoms with E-state index in [1.165, 1.54) is 0 Å². The van der Waals surface area contributed by atoms with Crippen molar-refractivity contribution in [3.63, 3.8) is 0 Å². The number of carbonyl (C=O) groups is 2. The van der Waals surface area contributed by atoms with Crippen LogP contribution < -0.4 is 5.32 Å². The lowest BCUT2D eigenvalue weighted by Crippen LogP contribution is -2.46. The van der Waals surface area contributed by atoms with Gasteiger partial charge in [0.25, 0.3) is 0 Å². The van der Waals surface area contributed by atoms with Crippen LogP contribution in [0, 0.1) is 18.8 Å². The maximum absolute atomic E-state index is 12.8. The number of aryl methyl sites for hydroxylation is 1. The number of piperidine rings is 1. The number of urea groups is 1. The van der Waals surface area contributed by atoms with E-state index in [0.29, 0.717) is 25.2 Å². The number of carboxylic acid groups (broad SMARTS) is 1. The Hall–Kier alpha value is -2.83. The first-order valence-corrected chi connectivity index (χ1v) is 9.83. The molecule has 2 amide bonds. The summed E-state index contributed by atoms with van der Waals surface area (Å²) >= 11 is 0. The van der Waals surface area contributed by atoms with E-state index in [4.69, 9.17) is 0 Å². The van der Waals surface area contributed by atoms with Crippen LogP contribution in [-0.2, 0) is 11.2 Å². The molecule has 28 heavy (non-hydrogen) atoms. The largest absolute Gasteiger partial charge is 0.481 e. The lowest BCUT2D eigenvalue weighted by molar-refractivity contribution is -0.145. The number of nitrogens with one attached hydrogen (secondary N) is 1. The minimum atomic E-state index is -0.780. The van der Waals surface area contributed by atoms with Crippen molar-refractivity contribution in [1.82, 2.24) is 14.7 Å². The number of anilines is 1. The molecular formula is C21H28N4O3. The SMILES string of the molecule is CCCc1c(NC(=O)N2CCC(C(=O)O)C(C)C2)cnn1-c1cccc(C)c1. The lowest BCUT2D eigenvalue weighted by Gasteiger charge is -2.34. The number of aliphatic carboxylic acids is 1. The average Bonchev–Trinajstić information content (AvgIpc) is 3.04. The molecule has 0 saturated carbocycles. The van der Waals surface area contributed by atoms with Gasteiger partial charge in [0.1, 0.15) is 0 Å². The van der Waals surface area contributed by atoms with Gasteiger partial charge in [-0.2, -0.15) is 5.10 Å². The summed E-state index contributed by atoms with van der Waals surface area (Å²) in [7, 11) is 0. The number of aromatic nitrogens is 2. The molecule has 7 nitrogen and oxygen atoms in total. The normalized spacial score (nSPS) is 19.5. The fourth-order valence-electron chi connectivity index (χ4n) is 3.83. The van der Waals surface area contributed by atoms with E-state index in [-0.39, 0.29) is 17.9 Å². The molecule has 3 rings (SSSR count). The second-order valence-electron chi connectivity index (χ2n) is 7.59. The maximum atomic E-state index is 12.8. The fraction of sp³-hybridized carbons (Fsp3) is 0.476. The van der Waals surface area contributed by atoms with Gasteiger partial charge < -0.3 is 15.3 Å². The zero-order valence-corrected chi connectivity index (χ0v) is 16.7. The predicted molar refractivity (Wildman–Crippen MR) is 108 cm³/mol. The molecule has 1 aromatic carbocycles. The van der Waals surface area contributed by atoms with Crippen LogP contribution >= 0.6 is 0 Å². The van der Waals surface area contributed by atoms with Gasteiger partial charge in [-0.3, -0.25) is 4.79 Å². The number of carbonyl (C=O) groups excluding carboxylic acids is 1. The minimum absolute atomic E-state index is 0.0675. The molecule has 0 radical (unpaired) electrons. The van der Waals surface area contributed by atoms with Crippen LogP contribution in [0.25, 0.3) is 5.69 Å². The van der Waals surface area contributed by atoms with Crippen molar-refractivity contribution in [3.8, 4) is 5.69 Å². The highest BCUT2D eigenvalue weighted by Crippen LogP contribution is 2.26. The summed E-state index contributed by atoms with van der Waals surface area (Å²) in [4.78, 5) is 25.8. The summed E-state index contributed by atoms with van der Waals surface area (Å²) in [6.45, 7) is 6.91. The number of benzene rings is 1. The van der Waals surface area contributed by atoms with Crippen molar-refractivity contribution in [2.75, 3.05) is 18.4 Å². The number of hydrogen-bond donors (Lipinski definition) is 2. The molecule has 1 saturated heterocycles. The van der Waals surface area contributed by atoms with Crippen molar-refractivity contribution in [1.29, 1.82) is 0 Å². The van der Waals surface area contributed by atoms with Crippen molar-refractivity contribution in [3.05, 3.63) is 41.7 Å². The van der Waals surface area contributed by atoms with Gasteiger partial charge in [0.2, 0.25) is 0 Å². The summed E-state index contributed by atoms with van der Waals surface area (Å²) in [5.41, 5.74) is 3.80. The Bertz CT molecular complexity index is 861. The van der Waals surface area contributed by atoms with Crippen LogP contribution in [0.15, 0.2) is 30.5 Å². The zero-order valence-electron chi connectivity index (χ0n) is 16.7. The van der Waals surface area contributed by atoms with Crippen molar-refractivity contribution in [2.45, 2.75) is 40.0 Å². The Morgan fingerprint density at radius 1 is 1.36 bits per heavy atom. The van der Waals surface area contributed by atoms with Crippen LogP contribution in [0.1, 0.15) is 37.9 Å². The molecule has 0 bridgehead atoms. The molecule has 150 valence electrons. The molecule has 7 heteroatoms. The van der Waals surface area contributed by atoms with Crippen molar-refractivity contribution < 1.29 is 14.7 Å². The summed E-state index contributed by atoms with van der Waals surface area (Å²) in [6.07, 6.45) is 3.90. The highest BCUT2D eigenvalue weighted by Gasteiger charge is 2.33. The topological polar surface area (TPSA) is 87.5 Å². The van der Waals surface area contributed by atoms with E-state index in [1.807, 2.05) is 36.7 Å². The quantitative estimate of drug-likeness (QED) is 0.823. The van der Waals surface area contributed by atoms with Gasteiger partial charge in [-0.25, -0.2) is 9.48 Å². The summed E-state index contributed by atoms with van der Waals surface area (Å²) < 4.78 is 1.88. The first-order valence-electron chi connectivity index (χ1n) is 9.83. The van der Waals surface area contributed by atoms with Crippen LogP contribution in [-0.4, -0.2) is 44.9 Å². The molecule has 1 aliphatic rings. The highest BCUT2D eigenvalue weighted by molar-refractivity contribution is 5.90. The van der Waals surface area contributed by atoms with Gasteiger partial charge in [-0.1, -0.05) is 32.4 Å². The smallest absolute Gasteiger partial charge is 0.321 e. The summed E-state index contributed by atoms with van der Waals surface area (Å²) in [6, 6.07) is 7.90. The molecule has 2 aromatic rings. The third kappa shape index (κ3) is 4.18. The standard InChI is InChI=1S/C21H28N4O3/c1-4-6-19-18(12-22-25(19)16-8-5-7-14(2)11-16)23-21(28)24-10-9-17(20(26)27)15(3)13-24/h5,7-8,11-12,15,17H,4,6,9-10,13H2,1-3H3,(H,23,28)(H,26,27). The van der Waals surface area contributed by atoms with Gasteiger partial charge in [-0.05, 0) is 43.4 Å². The van der Waals surface area contributed by atoms with Gasteiger partial charge in [0.05, 0.1) is 29.2 Å². The van der Waals surface area contributed by atoms with E-state index in [1.54, 1.807) is 11.1 Å². The van der Waals surface area contributed by atoms with E-state index in [2.05, 4.69) is 23.4 Å². The molecule has 2 heterocycles. The maximum Gasteiger partial charge on any atom is 0.321 e. The Labute approximate surface area is 165 Å². The molecule has 1 fully saturated rings. The van der Waals surface area contributed by atoms with E-state index in [0.717, 1.165) is 29.8 Å². The lowest BCUT2D eigenvalue weighted by atomic mass is 9.87. The highest BCUT2D eigenvalue weighted by atomic mass is 16.4. The number of likely N-dealkylation sites (tertiary alicyclic amines) is 1. The third-order valence-corrected chi connectivity index (χ3v) is 5.35. The van der Waals surface area contributed by atoms with E-state index in [9.17, 15) is 14.7 Å². The molecule has 0 aliphatic carbocycles. The zero-order chi connectivity index (χ0) is 20.3. The summed E-state index contributed by atoms with van der Waals surface area (Å²) in [5, 5.41) is 16.8. The second kappa shape index (κ2) is 8.46. The number of hydrogen-bond acceptors (Lipinski definition) is 3. The molecule has 2 atom stereocenters. The Kier molecular flexibility index (Phi) is 6.02. The number of rotatable bonds is 5. The first kappa shape index (κ1) is 19.9. The molecule has 1 aliphatic heterocycles. The Balaban J connectivity index is 1.77.